The molecule has 0 saturated heterocycles. The van der Waals surface area contributed by atoms with Crippen molar-refractivity contribution in [3.63, 3.8) is 0 Å². The third-order valence-corrected chi connectivity index (χ3v) is 3.11. The van der Waals surface area contributed by atoms with Crippen molar-refractivity contribution in [2.75, 3.05) is 0 Å². The summed E-state index contributed by atoms with van der Waals surface area (Å²) in [6.07, 6.45) is 3.46. The van der Waals surface area contributed by atoms with Crippen LogP contribution in [-0.4, -0.2) is 11.1 Å². The van der Waals surface area contributed by atoms with Crippen LogP contribution in [0.3, 0.4) is 0 Å². The van der Waals surface area contributed by atoms with Gasteiger partial charge < -0.3 is 10.8 Å². The van der Waals surface area contributed by atoms with Crippen LogP contribution in [0.25, 0.3) is 0 Å². The largest absolute Gasteiger partial charge is 0.392 e. The molecule has 3 N–H and O–H groups in total. The van der Waals surface area contributed by atoms with Crippen LogP contribution in [0.5, 0.6) is 0 Å². The van der Waals surface area contributed by atoms with Crippen molar-refractivity contribution < 1.29 is 5.11 Å². The first-order valence-electron chi connectivity index (χ1n) is 5.25. The molecule has 0 bridgehead atoms. The fourth-order valence-corrected chi connectivity index (χ4v) is 2.21. The van der Waals surface area contributed by atoms with Crippen molar-refractivity contribution in [2.45, 2.75) is 37.8 Å². The van der Waals surface area contributed by atoms with Crippen LogP contribution in [0, 0.1) is 0 Å². The standard InChI is InChI=1S/C12H17NO/c13-12-6-5-11(7-12)10-3-1-9(8-14)2-4-10/h1-4,11-12,14H,5-8,13H2/t11-,12+/m0/s1. The average molecular weight is 191 g/mol. The van der Waals surface area contributed by atoms with Crippen LogP contribution in [-0.2, 0) is 6.61 Å². The zero-order valence-corrected chi connectivity index (χ0v) is 8.32. The zero-order valence-electron chi connectivity index (χ0n) is 8.32. The first-order chi connectivity index (χ1) is 6.79. The summed E-state index contributed by atoms with van der Waals surface area (Å²) in [4.78, 5) is 0. The predicted octanol–water partition coefficient (Wildman–Crippen LogP) is 1.77. The molecular formula is C12H17NO. The lowest BCUT2D eigenvalue weighted by Crippen LogP contribution is -2.14. The molecule has 1 saturated carbocycles. The molecular weight excluding hydrogens is 174 g/mol. The highest BCUT2D eigenvalue weighted by molar-refractivity contribution is 5.25. The summed E-state index contributed by atoms with van der Waals surface area (Å²) in [5.41, 5.74) is 8.23. The summed E-state index contributed by atoms with van der Waals surface area (Å²) in [5.74, 6) is 0.637. The normalized spacial score (nSPS) is 26.7. The Balaban J connectivity index is 2.09. The van der Waals surface area contributed by atoms with Crippen LogP contribution < -0.4 is 5.73 Å². The van der Waals surface area contributed by atoms with E-state index in [0.717, 1.165) is 18.4 Å². The SMILES string of the molecule is N[C@@H]1CC[C@H](c2ccc(CO)cc2)C1. The lowest BCUT2D eigenvalue weighted by Gasteiger charge is -2.10. The topological polar surface area (TPSA) is 46.2 Å². The molecule has 0 aliphatic heterocycles. The van der Waals surface area contributed by atoms with E-state index in [4.69, 9.17) is 10.8 Å². The van der Waals surface area contributed by atoms with Crippen LogP contribution in [0.1, 0.15) is 36.3 Å². The minimum Gasteiger partial charge on any atom is -0.392 e. The van der Waals surface area contributed by atoms with Gasteiger partial charge in [0.25, 0.3) is 0 Å². The van der Waals surface area contributed by atoms with Crippen molar-refractivity contribution in [3.05, 3.63) is 35.4 Å². The van der Waals surface area contributed by atoms with Crippen LogP contribution in [0.2, 0.25) is 0 Å². The van der Waals surface area contributed by atoms with Gasteiger partial charge in [-0.15, -0.1) is 0 Å². The van der Waals surface area contributed by atoms with Crippen LogP contribution >= 0.6 is 0 Å². The highest BCUT2D eigenvalue weighted by atomic mass is 16.3. The summed E-state index contributed by atoms with van der Waals surface area (Å²) in [6.45, 7) is 0.129. The second kappa shape index (κ2) is 4.11. The zero-order chi connectivity index (χ0) is 9.97. The molecule has 1 aromatic rings. The molecule has 0 spiro atoms. The van der Waals surface area contributed by atoms with Gasteiger partial charge in [0.05, 0.1) is 6.61 Å². The van der Waals surface area contributed by atoms with E-state index in [-0.39, 0.29) is 6.61 Å². The molecule has 76 valence electrons. The van der Waals surface area contributed by atoms with E-state index in [2.05, 4.69) is 12.1 Å². The molecule has 0 radical (unpaired) electrons. The Bertz CT molecular complexity index is 294. The molecule has 1 aliphatic carbocycles. The molecule has 2 atom stereocenters. The van der Waals surface area contributed by atoms with E-state index < -0.39 is 0 Å². The third kappa shape index (κ3) is 1.97. The van der Waals surface area contributed by atoms with Gasteiger partial charge in [-0.2, -0.15) is 0 Å². The maximum Gasteiger partial charge on any atom is 0.0681 e. The molecule has 1 aliphatic rings. The van der Waals surface area contributed by atoms with Crippen molar-refractivity contribution in [2.24, 2.45) is 5.73 Å². The van der Waals surface area contributed by atoms with E-state index in [0.29, 0.717) is 12.0 Å². The lowest BCUT2D eigenvalue weighted by atomic mass is 9.96. The monoisotopic (exact) mass is 191 g/mol. The van der Waals surface area contributed by atoms with Gasteiger partial charge in [0.15, 0.2) is 0 Å². The van der Waals surface area contributed by atoms with Crippen molar-refractivity contribution in [1.82, 2.24) is 0 Å². The third-order valence-electron chi connectivity index (χ3n) is 3.11. The van der Waals surface area contributed by atoms with E-state index in [1.807, 2.05) is 12.1 Å². The van der Waals surface area contributed by atoms with E-state index in [1.54, 1.807) is 0 Å². The van der Waals surface area contributed by atoms with Gasteiger partial charge in [0, 0.05) is 6.04 Å². The number of aliphatic hydroxyl groups is 1. The maximum absolute atomic E-state index is 8.92. The Morgan fingerprint density at radius 2 is 1.93 bits per heavy atom. The average Bonchev–Trinajstić information content (AvgIpc) is 2.65. The van der Waals surface area contributed by atoms with Gasteiger partial charge in [0.1, 0.15) is 0 Å². The Morgan fingerprint density at radius 3 is 2.43 bits per heavy atom. The fraction of sp³-hybridized carbons (Fsp3) is 0.500. The lowest BCUT2D eigenvalue weighted by molar-refractivity contribution is 0.282. The number of rotatable bonds is 2. The molecule has 0 unspecified atom stereocenters. The van der Waals surface area contributed by atoms with Gasteiger partial charge in [-0.1, -0.05) is 24.3 Å². The molecule has 0 aromatic heterocycles. The van der Waals surface area contributed by atoms with Gasteiger partial charge in [-0.3, -0.25) is 0 Å². The second-order valence-corrected chi connectivity index (χ2v) is 4.17. The Kier molecular flexibility index (Phi) is 2.85. The Morgan fingerprint density at radius 1 is 1.21 bits per heavy atom. The number of hydrogen-bond acceptors (Lipinski definition) is 2. The van der Waals surface area contributed by atoms with E-state index in [1.165, 1.54) is 12.0 Å². The van der Waals surface area contributed by atoms with Crippen molar-refractivity contribution >= 4 is 0 Å². The molecule has 2 nitrogen and oxygen atoms in total. The summed E-state index contributed by atoms with van der Waals surface area (Å²) in [5, 5.41) is 8.92. The summed E-state index contributed by atoms with van der Waals surface area (Å²) >= 11 is 0. The second-order valence-electron chi connectivity index (χ2n) is 4.17. The predicted molar refractivity (Wildman–Crippen MR) is 56.9 cm³/mol. The highest BCUT2D eigenvalue weighted by Crippen LogP contribution is 2.33. The first-order valence-corrected chi connectivity index (χ1v) is 5.25. The number of aliphatic hydroxyl groups excluding tert-OH is 1. The smallest absolute Gasteiger partial charge is 0.0681 e. The van der Waals surface area contributed by atoms with Gasteiger partial charge in [0.2, 0.25) is 0 Å². The minimum atomic E-state index is 0.129. The summed E-state index contributed by atoms with van der Waals surface area (Å²) in [6, 6.07) is 8.62. The molecule has 2 rings (SSSR count). The van der Waals surface area contributed by atoms with Crippen LogP contribution in [0.15, 0.2) is 24.3 Å². The molecule has 0 heterocycles. The number of benzene rings is 1. The molecule has 2 heteroatoms. The van der Waals surface area contributed by atoms with Gasteiger partial charge >= 0.3 is 0 Å². The summed E-state index contributed by atoms with van der Waals surface area (Å²) in [7, 11) is 0. The van der Waals surface area contributed by atoms with Gasteiger partial charge in [-0.25, -0.2) is 0 Å². The molecule has 14 heavy (non-hydrogen) atoms. The molecule has 1 aromatic carbocycles. The first kappa shape index (κ1) is 9.69. The van der Waals surface area contributed by atoms with Crippen molar-refractivity contribution in [3.8, 4) is 0 Å². The number of nitrogens with two attached hydrogens (primary N) is 1. The van der Waals surface area contributed by atoms with Crippen LogP contribution in [0.4, 0.5) is 0 Å². The maximum atomic E-state index is 8.92. The quantitative estimate of drug-likeness (QED) is 0.748. The Labute approximate surface area is 84.7 Å². The summed E-state index contributed by atoms with van der Waals surface area (Å²) < 4.78 is 0. The van der Waals surface area contributed by atoms with Crippen molar-refractivity contribution in [1.29, 1.82) is 0 Å². The van der Waals surface area contributed by atoms with E-state index in [9.17, 15) is 0 Å². The fourth-order valence-electron chi connectivity index (χ4n) is 2.21. The Hall–Kier alpha value is -0.860. The number of hydrogen-bond donors (Lipinski definition) is 2. The minimum absolute atomic E-state index is 0.129. The van der Waals surface area contributed by atoms with Gasteiger partial charge in [-0.05, 0) is 36.3 Å². The molecule has 1 fully saturated rings. The molecule has 0 amide bonds. The highest BCUT2D eigenvalue weighted by Gasteiger charge is 2.22. The van der Waals surface area contributed by atoms with E-state index >= 15 is 0 Å².